The van der Waals surface area contributed by atoms with Gasteiger partial charge in [0.1, 0.15) is 6.61 Å². The van der Waals surface area contributed by atoms with Gasteiger partial charge in [-0.1, -0.05) is 0 Å². The lowest BCUT2D eigenvalue weighted by Gasteiger charge is -2.33. The molecule has 0 aromatic rings. The van der Waals surface area contributed by atoms with Gasteiger partial charge in [0.2, 0.25) is 17.7 Å². The van der Waals surface area contributed by atoms with Crippen LogP contribution in [-0.2, 0) is 19.1 Å². The smallest absolute Gasteiger partial charge is 0.248 e. The highest BCUT2D eigenvalue weighted by Gasteiger charge is 2.47. The fraction of sp³-hybridized carbons (Fsp3) is 0.800. The van der Waals surface area contributed by atoms with Crippen LogP contribution in [0, 0.1) is 5.41 Å². The van der Waals surface area contributed by atoms with Gasteiger partial charge in [-0.05, 0) is 6.92 Å². The summed E-state index contributed by atoms with van der Waals surface area (Å²) < 4.78 is 4.94. The van der Waals surface area contributed by atoms with Gasteiger partial charge in [0, 0.05) is 65.1 Å². The molecule has 0 N–H and O–H groups in total. The summed E-state index contributed by atoms with van der Waals surface area (Å²) in [5.74, 6) is 0.00419. The van der Waals surface area contributed by atoms with Crippen LogP contribution in [0.25, 0.3) is 0 Å². The number of amides is 3. The second-order valence-corrected chi connectivity index (χ2v) is 6.27. The SMILES string of the molecule is CCN1CC2(CC1=O)CN(C(C)=O)CCN(C(=O)COC)C2. The third-order valence-corrected chi connectivity index (χ3v) is 4.55. The van der Waals surface area contributed by atoms with Crippen LogP contribution in [0.3, 0.4) is 0 Å². The van der Waals surface area contributed by atoms with Crippen molar-refractivity contribution in [2.75, 3.05) is 53.0 Å². The normalized spacial score (nSPS) is 25.8. The van der Waals surface area contributed by atoms with Crippen molar-refractivity contribution in [3.8, 4) is 0 Å². The predicted molar refractivity (Wildman–Crippen MR) is 80.0 cm³/mol. The van der Waals surface area contributed by atoms with Crippen molar-refractivity contribution < 1.29 is 19.1 Å². The second-order valence-electron chi connectivity index (χ2n) is 6.27. The van der Waals surface area contributed by atoms with Crippen molar-refractivity contribution in [1.29, 1.82) is 0 Å². The van der Waals surface area contributed by atoms with Crippen LogP contribution in [-0.4, -0.2) is 85.4 Å². The summed E-state index contributed by atoms with van der Waals surface area (Å²) in [4.78, 5) is 41.5. The Morgan fingerprint density at radius 3 is 2.36 bits per heavy atom. The van der Waals surface area contributed by atoms with E-state index in [0.717, 1.165) is 0 Å². The van der Waals surface area contributed by atoms with E-state index in [2.05, 4.69) is 0 Å². The van der Waals surface area contributed by atoms with E-state index >= 15 is 0 Å². The molecule has 1 atom stereocenters. The number of rotatable bonds is 3. The van der Waals surface area contributed by atoms with Crippen molar-refractivity contribution in [2.24, 2.45) is 5.41 Å². The Balaban J connectivity index is 2.23. The molecule has 2 aliphatic heterocycles. The van der Waals surface area contributed by atoms with E-state index in [1.54, 1.807) is 9.80 Å². The fourth-order valence-corrected chi connectivity index (χ4v) is 3.44. The monoisotopic (exact) mass is 311 g/mol. The van der Waals surface area contributed by atoms with Gasteiger partial charge in [0.15, 0.2) is 0 Å². The number of likely N-dealkylation sites (tertiary alicyclic amines) is 1. The molecule has 1 unspecified atom stereocenters. The first-order chi connectivity index (χ1) is 10.4. The summed E-state index contributed by atoms with van der Waals surface area (Å²) in [6.45, 7) is 6.80. The Kier molecular flexibility index (Phi) is 5.05. The lowest BCUT2D eigenvalue weighted by atomic mass is 9.86. The summed E-state index contributed by atoms with van der Waals surface area (Å²) in [5.41, 5.74) is -0.362. The average Bonchev–Trinajstić information content (AvgIpc) is 2.65. The first-order valence-electron chi connectivity index (χ1n) is 7.71. The van der Waals surface area contributed by atoms with Gasteiger partial charge in [-0.25, -0.2) is 0 Å². The zero-order chi connectivity index (χ0) is 16.3. The number of carbonyl (C=O) groups is 3. The van der Waals surface area contributed by atoms with E-state index in [-0.39, 0.29) is 29.7 Å². The van der Waals surface area contributed by atoms with E-state index in [9.17, 15) is 14.4 Å². The maximum Gasteiger partial charge on any atom is 0.248 e. The standard InChI is InChI=1S/C15H25N3O4/c1-4-16-9-15(7-13(16)20)10-17(12(2)19)5-6-18(11-15)14(21)8-22-3/h4-11H2,1-3H3. The first-order valence-corrected chi connectivity index (χ1v) is 7.71. The average molecular weight is 311 g/mol. The van der Waals surface area contributed by atoms with Gasteiger partial charge in [-0.3, -0.25) is 14.4 Å². The van der Waals surface area contributed by atoms with Crippen LogP contribution in [0.1, 0.15) is 20.3 Å². The second kappa shape index (κ2) is 6.64. The van der Waals surface area contributed by atoms with Gasteiger partial charge >= 0.3 is 0 Å². The number of hydrogen-bond donors (Lipinski definition) is 0. The number of ether oxygens (including phenoxy) is 1. The molecule has 7 heteroatoms. The number of methoxy groups -OCH3 is 1. The Morgan fingerprint density at radius 1 is 1.18 bits per heavy atom. The van der Waals surface area contributed by atoms with E-state index in [1.165, 1.54) is 14.0 Å². The minimum absolute atomic E-state index is 0.0113. The number of hydrogen-bond acceptors (Lipinski definition) is 4. The van der Waals surface area contributed by atoms with Crippen molar-refractivity contribution in [2.45, 2.75) is 20.3 Å². The Hall–Kier alpha value is -1.63. The van der Waals surface area contributed by atoms with Gasteiger partial charge in [-0.2, -0.15) is 0 Å². The van der Waals surface area contributed by atoms with Gasteiger partial charge in [0.25, 0.3) is 0 Å². The molecule has 3 amide bonds. The number of nitrogens with zero attached hydrogens (tertiary/aromatic N) is 3. The highest BCUT2D eigenvalue weighted by molar-refractivity contribution is 5.81. The van der Waals surface area contributed by atoms with E-state index < -0.39 is 0 Å². The molecule has 7 nitrogen and oxygen atoms in total. The highest BCUT2D eigenvalue weighted by atomic mass is 16.5. The van der Waals surface area contributed by atoms with E-state index in [0.29, 0.717) is 45.7 Å². The minimum Gasteiger partial charge on any atom is -0.375 e. The van der Waals surface area contributed by atoms with Crippen LogP contribution >= 0.6 is 0 Å². The maximum atomic E-state index is 12.2. The molecule has 0 radical (unpaired) electrons. The summed E-state index contributed by atoms with van der Waals surface area (Å²) in [5, 5.41) is 0. The zero-order valence-electron chi connectivity index (χ0n) is 13.6. The molecule has 0 aromatic heterocycles. The van der Waals surface area contributed by atoms with Crippen LogP contribution < -0.4 is 0 Å². The molecule has 2 rings (SSSR count). The van der Waals surface area contributed by atoms with E-state index in [4.69, 9.17) is 4.74 Å². The van der Waals surface area contributed by atoms with Gasteiger partial charge in [0.05, 0.1) is 0 Å². The fourth-order valence-electron chi connectivity index (χ4n) is 3.44. The Bertz CT molecular complexity index is 468. The van der Waals surface area contributed by atoms with Crippen LogP contribution in [0.2, 0.25) is 0 Å². The quantitative estimate of drug-likeness (QED) is 0.709. The van der Waals surface area contributed by atoms with Gasteiger partial charge in [-0.15, -0.1) is 0 Å². The molecule has 2 saturated heterocycles. The minimum atomic E-state index is -0.362. The molecule has 2 fully saturated rings. The predicted octanol–water partition coefficient (Wildman–Crippen LogP) is -0.438. The Morgan fingerprint density at radius 2 is 1.82 bits per heavy atom. The molecule has 0 bridgehead atoms. The van der Waals surface area contributed by atoms with Crippen molar-refractivity contribution in [3.05, 3.63) is 0 Å². The third kappa shape index (κ3) is 3.40. The van der Waals surface area contributed by atoms with Crippen molar-refractivity contribution in [1.82, 2.24) is 14.7 Å². The van der Waals surface area contributed by atoms with E-state index in [1.807, 2.05) is 11.8 Å². The number of carbonyl (C=O) groups excluding carboxylic acids is 3. The largest absolute Gasteiger partial charge is 0.375 e. The molecular weight excluding hydrogens is 286 g/mol. The molecule has 2 aliphatic rings. The third-order valence-electron chi connectivity index (χ3n) is 4.55. The zero-order valence-corrected chi connectivity index (χ0v) is 13.6. The molecule has 124 valence electrons. The summed E-state index contributed by atoms with van der Waals surface area (Å²) in [6, 6.07) is 0. The summed E-state index contributed by atoms with van der Waals surface area (Å²) in [7, 11) is 1.49. The lowest BCUT2D eigenvalue weighted by Crippen LogP contribution is -2.45. The molecule has 22 heavy (non-hydrogen) atoms. The maximum absolute atomic E-state index is 12.2. The van der Waals surface area contributed by atoms with Crippen LogP contribution in [0.5, 0.6) is 0 Å². The molecule has 0 aliphatic carbocycles. The Labute approximate surface area is 131 Å². The topological polar surface area (TPSA) is 70.2 Å². The first kappa shape index (κ1) is 16.7. The van der Waals surface area contributed by atoms with Crippen LogP contribution in [0.15, 0.2) is 0 Å². The molecule has 0 aromatic carbocycles. The molecule has 2 heterocycles. The summed E-state index contributed by atoms with van der Waals surface area (Å²) >= 11 is 0. The van der Waals surface area contributed by atoms with Crippen molar-refractivity contribution in [3.63, 3.8) is 0 Å². The molecule has 1 spiro atoms. The summed E-state index contributed by atoms with van der Waals surface area (Å²) in [6.07, 6.45) is 0.390. The lowest BCUT2D eigenvalue weighted by molar-refractivity contribution is -0.136. The highest BCUT2D eigenvalue weighted by Crippen LogP contribution is 2.35. The molecule has 0 saturated carbocycles. The van der Waals surface area contributed by atoms with Crippen molar-refractivity contribution >= 4 is 17.7 Å². The van der Waals surface area contributed by atoms with Gasteiger partial charge < -0.3 is 19.4 Å². The molecular formula is C15H25N3O4. The van der Waals surface area contributed by atoms with Crippen LogP contribution in [0.4, 0.5) is 0 Å².